The quantitative estimate of drug-likeness (QED) is 0.859. The molecule has 2 nitrogen and oxygen atoms in total. The summed E-state index contributed by atoms with van der Waals surface area (Å²) in [5.74, 6) is 1.90. The molecule has 3 unspecified atom stereocenters. The Morgan fingerprint density at radius 3 is 2.78 bits per heavy atom. The lowest BCUT2D eigenvalue weighted by Crippen LogP contribution is -2.30. The second kappa shape index (κ2) is 4.93. The van der Waals surface area contributed by atoms with Crippen molar-refractivity contribution in [2.24, 2.45) is 5.92 Å². The summed E-state index contributed by atoms with van der Waals surface area (Å²) in [6.07, 6.45) is 6.94. The van der Waals surface area contributed by atoms with Gasteiger partial charge in [0.2, 0.25) is 0 Å². The van der Waals surface area contributed by atoms with E-state index in [9.17, 15) is 0 Å². The number of hydrogen-bond donors (Lipinski definition) is 1. The Kier molecular flexibility index (Phi) is 3.29. The largest absolute Gasteiger partial charge is 0.496 e. The topological polar surface area (TPSA) is 21.3 Å². The maximum Gasteiger partial charge on any atom is 0.121 e. The highest BCUT2D eigenvalue weighted by Crippen LogP contribution is 2.39. The van der Waals surface area contributed by atoms with E-state index in [1.165, 1.54) is 43.2 Å². The van der Waals surface area contributed by atoms with E-state index in [1.807, 2.05) is 0 Å². The van der Waals surface area contributed by atoms with Gasteiger partial charge in [0.25, 0.3) is 0 Å². The molecule has 1 heterocycles. The highest BCUT2D eigenvalue weighted by molar-refractivity contribution is 5.37. The number of methoxy groups -OCH3 is 1. The van der Waals surface area contributed by atoms with Gasteiger partial charge in [-0.25, -0.2) is 0 Å². The first kappa shape index (κ1) is 12.0. The first-order valence-electron chi connectivity index (χ1n) is 7.18. The molecule has 2 fully saturated rings. The summed E-state index contributed by atoms with van der Waals surface area (Å²) in [5, 5.41) is 3.83. The molecule has 2 heteroatoms. The predicted molar refractivity (Wildman–Crippen MR) is 74.0 cm³/mol. The zero-order valence-electron chi connectivity index (χ0n) is 11.4. The highest BCUT2D eigenvalue weighted by atomic mass is 16.5. The van der Waals surface area contributed by atoms with Crippen LogP contribution in [0, 0.1) is 12.8 Å². The average Bonchev–Trinajstić information content (AvgIpc) is 2.82. The van der Waals surface area contributed by atoms with Gasteiger partial charge in [-0.2, -0.15) is 0 Å². The van der Waals surface area contributed by atoms with Gasteiger partial charge in [0.1, 0.15) is 5.75 Å². The van der Waals surface area contributed by atoms with Gasteiger partial charge in [0.15, 0.2) is 0 Å². The summed E-state index contributed by atoms with van der Waals surface area (Å²) < 4.78 is 5.34. The molecule has 3 atom stereocenters. The van der Waals surface area contributed by atoms with Gasteiger partial charge in [0.05, 0.1) is 7.11 Å². The van der Waals surface area contributed by atoms with Crippen molar-refractivity contribution in [1.82, 2.24) is 5.32 Å². The standard InChI is InChI=1S/C16H23NO/c1-11-9-13(7-8-16(11)18-2)15-10-12-5-3-4-6-14(12)17-15/h7-9,12,14-15,17H,3-6,10H2,1-2H3. The van der Waals surface area contributed by atoms with E-state index in [0.717, 1.165) is 17.7 Å². The van der Waals surface area contributed by atoms with E-state index in [-0.39, 0.29) is 0 Å². The molecule has 0 spiro atoms. The molecule has 1 aliphatic carbocycles. The molecule has 2 aliphatic rings. The number of nitrogens with one attached hydrogen (secondary N) is 1. The van der Waals surface area contributed by atoms with Gasteiger partial charge in [-0.15, -0.1) is 0 Å². The Bertz CT molecular complexity index is 415. The van der Waals surface area contributed by atoms with Crippen molar-refractivity contribution in [1.29, 1.82) is 0 Å². The highest BCUT2D eigenvalue weighted by Gasteiger charge is 2.35. The summed E-state index contributed by atoms with van der Waals surface area (Å²) >= 11 is 0. The third-order valence-electron chi connectivity index (χ3n) is 4.68. The summed E-state index contributed by atoms with van der Waals surface area (Å²) in [5.41, 5.74) is 2.68. The molecule has 0 amide bonds. The molecule has 1 saturated heterocycles. The summed E-state index contributed by atoms with van der Waals surface area (Å²) in [4.78, 5) is 0. The molecule has 1 aromatic carbocycles. The van der Waals surface area contributed by atoms with Crippen LogP contribution in [0.3, 0.4) is 0 Å². The van der Waals surface area contributed by atoms with Crippen molar-refractivity contribution < 1.29 is 4.74 Å². The van der Waals surface area contributed by atoms with Crippen LogP contribution in [-0.4, -0.2) is 13.2 Å². The van der Waals surface area contributed by atoms with E-state index >= 15 is 0 Å². The zero-order chi connectivity index (χ0) is 12.5. The fourth-order valence-electron chi connectivity index (χ4n) is 3.69. The third kappa shape index (κ3) is 2.14. The molecule has 1 saturated carbocycles. The Labute approximate surface area is 110 Å². The number of benzene rings is 1. The predicted octanol–water partition coefficient (Wildman–Crippen LogP) is 3.60. The van der Waals surface area contributed by atoms with Crippen LogP contribution in [0.5, 0.6) is 5.75 Å². The fraction of sp³-hybridized carbons (Fsp3) is 0.625. The minimum Gasteiger partial charge on any atom is -0.496 e. The summed E-state index contributed by atoms with van der Waals surface area (Å²) in [7, 11) is 1.74. The van der Waals surface area contributed by atoms with Gasteiger partial charge in [-0.1, -0.05) is 25.0 Å². The van der Waals surface area contributed by atoms with Crippen molar-refractivity contribution in [3.05, 3.63) is 29.3 Å². The summed E-state index contributed by atoms with van der Waals surface area (Å²) in [6.45, 7) is 2.13. The molecule has 0 aromatic heterocycles. The SMILES string of the molecule is COc1ccc(C2CC3CCCCC3N2)cc1C. The van der Waals surface area contributed by atoms with Crippen LogP contribution >= 0.6 is 0 Å². The van der Waals surface area contributed by atoms with Gasteiger partial charge >= 0.3 is 0 Å². The van der Waals surface area contributed by atoms with Crippen molar-refractivity contribution in [3.8, 4) is 5.75 Å². The maximum absolute atomic E-state index is 5.34. The average molecular weight is 245 g/mol. The molecule has 1 aliphatic heterocycles. The Morgan fingerprint density at radius 1 is 1.22 bits per heavy atom. The van der Waals surface area contributed by atoms with E-state index in [2.05, 4.69) is 30.4 Å². The van der Waals surface area contributed by atoms with E-state index in [1.54, 1.807) is 7.11 Å². The van der Waals surface area contributed by atoms with Crippen LogP contribution in [0.25, 0.3) is 0 Å². The molecule has 1 aromatic rings. The second-order valence-corrected chi connectivity index (χ2v) is 5.84. The van der Waals surface area contributed by atoms with Crippen LogP contribution in [0.1, 0.15) is 49.3 Å². The Hall–Kier alpha value is -1.02. The first-order chi connectivity index (χ1) is 8.78. The lowest BCUT2D eigenvalue weighted by atomic mass is 9.84. The van der Waals surface area contributed by atoms with Crippen molar-refractivity contribution in [2.45, 2.75) is 51.1 Å². The Balaban J connectivity index is 1.77. The molecular weight excluding hydrogens is 222 g/mol. The lowest BCUT2D eigenvalue weighted by Gasteiger charge is -2.24. The van der Waals surface area contributed by atoms with Gasteiger partial charge < -0.3 is 10.1 Å². The van der Waals surface area contributed by atoms with Crippen LogP contribution in [0.2, 0.25) is 0 Å². The van der Waals surface area contributed by atoms with Gasteiger partial charge in [0, 0.05) is 12.1 Å². The number of hydrogen-bond acceptors (Lipinski definition) is 2. The minimum atomic E-state index is 0.558. The zero-order valence-corrected chi connectivity index (χ0v) is 11.4. The monoisotopic (exact) mass is 245 g/mol. The van der Waals surface area contributed by atoms with E-state index in [4.69, 9.17) is 4.74 Å². The third-order valence-corrected chi connectivity index (χ3v) is 4.68. The fourth-order valence-corrected chi connectivity index (χ4v) is 3.69. The number of rotatable bonds is 2. The van der Waals surface area contributed by atoms with E-state index < -0.39 is 0 Å². The molecule has 18 heavy (non-hydrogen) atoms. The van der Waals surface area contributed by atoms with Crippen molar-refractivity contribution in [3.63, 3.8) is 0 Å². The number of ether oxygens (including phenoxy) is 1. The smallest absolute Gasteiger partial charge is 0.121 e. The second-order valence-electron chi connectivity index (χ2n) is 5.84. The molecule has 3 rings (SSSR count). The van der Waals surface area contributed by atoms with Gasteiger partial charge in [-0.05, 0) is 49.3 Å². The van der Waals surface area contributed by atoms with Crippen molar-refractivity contribution in [2.75, 3.05) is 7.11 Å². The maximum atomic E-state index is 5.34. The number of aryl methyl sites for hydroxylation is 1. The lowest BCUT2D eigenvalue weighted by molar-refractivity contribution is 0.325. The normalized spacial score (nSPS) is 31.1. The molecule has 98 valence electrons. The molecule has 0 bridgehead atoms. The molecule has 1 N–H and O–H groups in total. The van der Waals surface area contributed by atoms with Crippen LogP contribution < -0.4 is 10.1 Å². The number of fused-ring (bicyclic) bond motifs is 1. The summed E-state index contributed by atoms with van der Waals surface area (Å²) in [6, 6.07) is 7.94. The van der Waals surface area contributed by atoms with Crippen LogP contribution in [0.4, 0.5) is 0 Å². The molecular formula is C16H23NO. The van der Waals surface area contributed by atoms with E-state index in [0.29, 0.717) is 6.04 Å². The van der Waals surface area contributed by atoms with Crippen LogP contribution in [0.15, 0.2) is 18.2 Å². The van der Waals surface area contributed by atoms with Crippen molar-refractivity contribution >= 4 is 0 Å². The van der Waals surface area contributed by atoms with Crippen LogP contribution in [-0.2, 0) is 0 Å². The molecule has 0 radical (unpaired) electrons. The van der Waals surface area contributed by atoms with Gasteiger partial charge in [-0.3, -0.25) is 0 Å². The first-order valence-corrected chi connectivity index (χ1v) is 7.18. The minimum absolute atomic E-state index is 0.558. The Morgan fingerprint density at radius 2 is 2.06 bits per heavy atom.